The number of hydrogen-bond acceptors (Lipinski definition) is 5. The van der Waals surface area contributed by atoms with Crippen molar-refractivity contribution in [3.8, 4) is 11.6 Å². The number of pyridine rings is 1. The fraction of sp³-hybridized carbons (Fsp3) is 0.368. The molecule has 26 heavy (non-hydrogen) atoms. The number of carboxylic acid groups (broad SMARTS) is 1. The van der Waals surface area contributed by atoms with Crippen molar-refractivity contribution in [1.29, 1.82) is 0 Å². The van der Waals surface area contributed by atoms with E-state index in [-0.39, 0.29) is 18.5 Å². The van der Waals surface area contributed by atoms with Crippen LogP contribution < -0.4 is 9.47 Å². The number of nitrogens with zero attached hydrogens (tertiary/aromatic N) is 2. The third-order valence-electron chi connectivity index (χ3n) is 4.63. The lowest BCUT2D eigenvalue weighted by atomic mass is 10.1. The van der Waals surface area contributed by atoms with E-state index in [1.165, 1.54) is 0 Å². The lowest BCUT2D eigenvalue weighted by Gasteiger charge is -2.18. The molecule has 1 N–H and O–H groups in total. The van der Waals surface area contributed by atoms with Crippen LogP contribution in [0.15, 0.2) is 31.0 Å². The van der Waals surface area contributed by atoms with Gasteiger partial charge in [0.2, 0.25) is 5.88 Å². The van der Waals surface area contributed by atoms with Gasteiger partial charge in [-0.2, -0.15) is 0 Å². The highest BCUT2D eigenvalue weighted by molar-refractivity contribution is 5.90. The molecule has 1 aromatic carbocycles. The Morgan fingerprint density at radius 2 is 2.27 bits per heavy atom. The Morgan fingerprint density at radius 1 is 1.50 bits per heavy atom. The molecule has 0 bridgehead atoms. The molecule has 0 saturated carbocycles. The van der Waals surface area contributed by atoms with Gasteiger partial charge in [-0.25, -0.2) is 4.98 Å². The van der Waals surface area contributed by atoms with E-state index in [0.717, 1.165) is 22.1 Å². The van der Waals surface area contributed by atoms with Gasteiger partial charge >= 0.3 is 5.97 Å². The summed E-state index contributed by atoms with van der Waals surface area (Å²) in [6, 6.07) is 5.25. The number of carboxylic acids is 1. The molecule has 2 heterocycles. The van der Waals surface area contributed by atoms with Gasteiger partial charge in [-0.15, -0.1) is 12.4 Å². The molecule has 0 aliphatic carbocycles. The maximum Gasteiger partial charge on any atom is 0.321 e. The van der Waals surface area contributed by atoms with E-state index in [2.05, 4.69) is 11.6 Å². The number of aliphatic carboxylic acids is 1. The number of likely N-dealkylation sites (N-methyl/N-ethyl adjacent to an activating group) is 1. The number of ether oxygens (including phenoxy) is 2. The van der Waals surface area contributed by atoms with Crippen molar-refractivity contribution in [2.75, 3.05) is 20.2 Å². The van der Waals surface area contributed by atoms with Gasteiger partial charge in [-0.1, -0.05) is 19.6 Å². The molecule has 2 atom stereocenters. The summed E-state index contributed by atoms with van der Waals surface area (Å²) in [4.78, 5) is 17.7. The minimum atomic E-state index is -0.808. The van der Waals surface area contributed by atoms with Crippen LogP contribution in [-0.2, 0) is 4.79 Å². The summed E-state index contributed by atoms with van der Waals surface area (Å²) in [6.07, 6.45) is 3.66. The summed E-state index contributed by atoms with van der Waals surface area (Å²) >= 11 is 0. The topological polar surface area (TPSA) is 71.9 Å². The van der Waals surface area contributed by atoms with Crippen molar-refractivity contribution < 1.29 is 19.4 Å². The number of hydrogen-bond donors (Lipinski definition) is 1. The van der Waals surface area contributed by atoms with E-state index in [9.17, 15) is 9.90 Å². The molecule has 140 valence electrons. The summed E-state index contributed by atoms with van der Waals surface area (Å²) in [6.45, 7) is 7.03. The molecule has 1 saturated heterocycles. The lowest BCUT2D eigenvalue weighted by molar-refractivity contribution is -0.142. The smallest absolute Gasteiger partial charge is 0.321 e. The zero-order chi connectivity index (χ0) is 18.0. The van der Waals surface area contributed by atoms with Crippen LogP contribution in [0.4, 0.5) is 0 Å². The Kier molecular flexibility index (Phi) is 6.45. The standard InChI is InChI=1S/C19H22N2O4.ClH/c1-4-12-8-15-13(9-17(12)24-3)6-7-20-18(15)25-14-10-16(19(22)23)21(5-2)11-14;/h4,6-9,14,16H,1,5,10-11H2,2-3H3,(H,22,23);1H/t14-,16+;/m1./s1. The molecule has 0 amide bonds. The van der Waals surface area contributed by atoms with E-state index >= 15 is 0 Å². The highest BCUT2D eigenvalue weighted by atomic mass is 35.5. The number of benzene rings is 1. The first-order chi connectivity index (χ1) is 12.1. The maximum absolute atomic E-state index is 11.4. The van der Waals surface area contributed by atoms with E-state index < -0.39 is 12.0 Å². The molecule has 0 radical (unpaired) electrons. The minimum absolute atomic E-state index is 0. The zero-order valence-electron chi connectivity index (χ0n) is 14.8. The quantitative estimate of drug-likeness (QED) is 0.832. The molecule has 1 aliphatic heterocycles. The van der Waals surface area contributed by atoms with E-state index in [1.807, 2.05) is 30.0 Å². The summed E-state index contributed by atoms with van der Waals surface area (Å²) < 4.78 is 11.5. The fourth-order valence-electron chi connectivity index (χ4n) is 3.33. The van der Waals surface area contributed by atoms with Crippen LogP contribution in [-0.4, -0.2) is 53.3 Å². The number of methoxy groups -OCH3 is 1. The molecule has 0 spiro atoms. The lowest BCUT2D eigenvalue weighted by Crippen LogP contribution is -2.35. The van der Waals surface area contributed by atoms with Gasteiger partial charge in [-0.3, -0.25) is 9.69 Å². The predicted molar refractivity (Wildman–Crippen MR) is 103 cm³/mol. The third-order valence-corrected chi connectivity index (χ3v) is 4.63. The largest absolute Gasteiger partial charge is 0.496 e. The number of carbonyl (C=O) groups is 1. The highest BCUT2D eigenvalue weighted by Gasteiger charge is 2.37. The molecular formula is C19H23ClN2O4. The monoisotopic (exact) mass is 378 g/mol. The SMILES string of the molecule is C=Cc1cc2c(O[C@@H]3C[C@@H](C(=O)O)N(CC)C3)nccc2cc1OC.Cl. The number of halogens is 1. The van der Waals surface area contributed by atoms with Gasteiger partial charge in [0.1, 0.15) is 17.9 Å². The van der Waals surface area contributed by atoms with Gasteiger partial charge < -0.3 is 14.6 Å². The van der Waals surface area contributed by atoms with Crippen LogP contribution in [0.2, 0.25) is 0 Å². The van der Waals surface area contributed by atoms with Crippen LogP contribution in [0.25, 0.3) is 16.8 Å². The van der Waals surface area contributed by atoms with Gasteiger partial charge in [0.05, 0.1) is 7.11 Å². The predicted octanol–water partition coefficient (Wildman–Crippen LogP) is 3.23. The third kappa shape index (κ3) is 3.76. The van der Waals surface area contributed by atoms with Crippen LogP contribution in [0, 0.1) is 0 Å². The number of likely N-dealkylation sites (tertiary alicyclic amines) is 1. The Bertz CT molecular complexity index is 811. The van der Waals surface area contributed by atoms with E-state index in [4.69, 9.17) is 9.47 Å². The van der Waals surface area contributed by atoms with Crippen molar-refractivity contribution in [2.24, 2.45) is 0 Å². The first kappa shape index (κ1) is 20.0. The minimum Gasteiger partial charge on any atom is -0.496 e. The molecule has 2 aromatic rings. The van der Waals surface area contributed by atoms with Gasteiger partial charge in [-0.05, 0) is 30.1 Å². The van der Waals surface area contributed by atoms with Crippen molar-refractivity contribution >= 4 is 35.2 Å². The molecule has 7 heteroatoms. The Hall–Kier alpha value is -2.31. The summed E-state index contributed by atoms with van der Waals surface area (Å²) in [5.74, 6) is 0.441. The molecule has 0 unspecified atom stereocenters. The van der Waals surface area contributed by atoms with Crippen LogP contribution in [0.3, 0.4) is 0 Å². The number of fused-ring (bicyclic) bond motifs is 1. The number of rotatable bonds is 6. The zero-order valence-corrected chi connectivity index (χ0v) is 15.7. The first-order valence-corrected chi connectivity index (χ1v) is 8.30. The normalized spacial score (nSPS) is 19.8. The molecule has 1 fully saturated rings. The van der Waals surface area contributed by atoms with Crippen molar-refractivity contribution in [2.45, 2.75) is 25.5 Å². The second-order valence-electron chi connectivity index (χ2n) is 6.05. The van der Waals surface area contributed by atoms with Crippen molar-refractivity contribution in [3.63, 3.8) is 0 Å². The Labute approximate surface area is 158 Å². The second-order valence-corrected chi connectivity index (χ2v) is 6.05. The van der Waals surface area contributed by atoms with Crippen LogP contribution >= 0.6 is 12.4 Å². The summed E-state index contributed by atoms with van der Waals surface area (Å²) in [5.41, 5.74) is 0.859. The van der Waals surface area contributed by atoms with Crippen LogP contribution in [0.5, 0.6) is 11.6 Å². The van der Waals surface area contributed by atoms with E-state index in [0.29, 0.717) is 25.4 Å². The molecule has 3 rings (SSSR count). The molecular weight excluding hydrogens is 356 g/mol. The molecule has 6 nitrogen and oxygen atoms in total. The highest BCUT2D eigenvalue weighted by Crippen LogP contribution is 2.32. The van der Waals surface area contributed by atoms with Crippen molar-refractivity contribution in [1.82, 2.24) is 9.88 Å². The van der Waals surface area contributed by atoms with Gasteiger partial charge in [0.15, 0.2) is 0 Å². The first-order valence-electron chi connectivity index (χ1n) is 8.30. The van der Waals surface area contributed by atoms with Gasteiger partial charge in [0.25, 0.3) is 0 Å². The average Bonchev–Trinajstić information content (AvgIpc) is 3.04. The van der Waals surface area contributed by atoms with Gasteiger partial charge in [0, 0.05) is 30.1 Å². The summed E-state index contributed by atoms with van der Waals surface area (Å²) in [7, 11) is 1.62. The van der Waals surface area contributed by atoms with E-state index in [1.54, 1.807) is 19.4 Å². The summed E-state index contributed by atoms with van der Waals surface area (Å²) in [5, 5.41) is 11.2. The van der Waals surface area contributed by atoms with Crippen LogP contribution in [0.1, 0.15) is 18.9 Å². The molecule has 1 aliphatic rings. The number of aromatic nitrogens is 1. The maximum atomic E-state index is 11.4. The average molecular weight is 379 g/mol. The Balaban J connectivity index is 0.00000243. The second kappa shape index (κ2) is 8.38. The Morgan fingerprint density at radius 3 is 2.85 bits per heavy atom. The fourth-order valence-corrected chi connectivity index (χ4v) is 3.33. The molecule has 1 aromatic heterocycles. The van der Waals surface area contributed by atoms with Crippen molar-refractivity contribution in [3.05, 3.63) is 36.5 Å².